The third kappa shape index (κ3) is 3.85. The Morgan fingerprint density at radius 2 is 1.91 bits per heavy atom. The predicted molar refractivity (Wildman–Crippen MR) is 92.0 cm³/mol. The van der Waals surface area contributed by atoms with Crippen LogP contribution in [-0.2, 0) is 0 Å². The lowest BCUT2D eigenvalue weighted by molar-refractivity contribution is 0.0808. The van der Waals surface area contributed by atoms with Gasteiger partial charge >= 0.3 is 0 Å². The molecule has 1 heterocycles. The van der Waals surface area contributed by atoms with E-state index in [1.165, 1.54) is 26.4 Å². The standard InChI is InChI=1S/C16H23FN2O.2ClH/c1-20-14-7-3-6-13(15(14)17)16(12-4-2-5-12)19-10-8-18-9-11-19;;/h3,6-7,12,16,18H,2,4-5,8-11H2,1H3;2*1H/t16-;;/m0../s1. The fourth-order valence-corrected chi connectivity index (χ4v) is 3.38. The van der Waals surface area contributed by atoms with Gasteiger partial charge in [-0.2, -0.15) is 0 Å². The van der Waals surface area contributed by atoms with Crippen LogP contribution in [0.4, 0.5) is 4.39 Å². The van der Waals surface area contributed by atoms with Crippen LogP contribution in [0.1, 0.15) is 30.9 Å². The van der Waals surface area contributed by atoms with Crippen molar-refractivity contribution in [1.29, 1.82) is 0 Å². The Bertz CT molecular complexity index is 465. The predicted octanol–water partition coefficient (Wildman–Crippen LogP) is 3.42. The van der Waals surface area contributed by atoms with Crippen molar-refractivity contribution in [3.8, 4) is 5.75 Å². The molecule has 0 aromatic heterocycles. The van der Waals surface area contributed by atoms with Crippen molar-refractivity contribution in [2.24, 2.45) is 5.92 Å². The molecule has 1 aromatic carbocycles. The van der Waals surface area contributed by atoms with E-state index in [1.54, 1.807) is 6.07 Å². The first kappa shape index (κ1) is 19.5. The molecule has 2 fully saturated rings. The third-order valence-electron chi connectivity index (χ3n) is 4.67. The molecule has 1 N–H and O–H groups in total. The molecule has 1 saturated heterocycles. The van der Waals surface area contributed by atoms with Crippen LogP contribution in [0.15, 0.2) is 18.2 Å². The highest BCUT2D eigenvalue weighted by atomic mass is 35.5. The minimum Gasteiger partial charge on any atom is -0.494 e. The second-order valence-corrected chi connectivity index (χ2v) is 5.79. The maximum atomic E-state index is 14.6. The lowest BCUT2D eigenvalue weighted by Crippen LogP contribution is -2.48. The van der Waals surface area contributed by atoms with E-state index < -0.39 is 0 Å². The molecule has 3 nitrogen and oxygen atoms in total. The van der Waals surface area contributed by atoms with Crippen LogP contribution in [-0.4, -0.2) is 38.2 Å². The quantitative estimate of drug-likeness (QED) is 0.900. The summed E-state index contributed by atoms with van der Waals surface area (Å²) in [6.07, 6.45) is 3.70. The van der Waals surface area contributed by atoms with E-state index in [9.17, 15) is 4.39 Å². The number of methoxy groups -OCH3 is 1. The van der Waals surface area contributed by atoms with Crippen molar-refractivity contribution < 1.29 is 9.13 Å². The van der Waals surface area contributed by atoms with Gasteiger partial charge in [-0.1, -0.05) is 18.6 Å². The topological polar surface area (TPSA) is 24.5 Å². The zero-order valence-electron chi connectivity index (χ0n) is 12.9. The molecule has 2 aliphatic rings. The van der Waals surface area contributed by atoms with Gasteiger partial charge in [0.15, 0.2) is 11.6 Å². The van der Waals surface area contributed by atoms with Gasteiger partial charge in [0, 0.05) is 37.8 Å². The van der Waals surface area contributed by atoms with E-state index in [0.717, 1.165) is 31.7 Å². The maximum absolute atomic E-state index is 14.6. The monoisotopic (exact) mass is 350 g/mol. The molecule has 126 valence electrons. The number of ether oxygens (including phenoxy) is 1. The highest BCUT2D eigenvalue weighted by Crippen LogP contribution is 2.43. The van der Waals surface area contributed by atoms with Crippen LogP contribution < -0.4 is 10.1 Å². The zero-order valence-corrected chi connectivity index (χ0v) is 14.5. The van der Waals surface area contributed by atoms with Gasteiger partial charge < -0.3 is 10.1 Å². The molecule has 22 heavy (non-hydrogen) atoms. The van der Waals surface area contributed by atoms with Crippen LogP contribution >= 0.6 is 24.8 Å². The van der Waals surface area contributed by atoms with Gasteiger partial charge in [0.1, 0.15) is 0 Å². The van der Waals surface area contributed by atoms with Crippen LogP contribution in [0.3, 0.4) is 0 Å². The summed E-state index contributed by atoms with van der Waals surface area (Å²) in [5.41, 5.74) is 0.816. The average molecular weight is 351 g/mol. The first-order valence-electron chi connectivity index (χ1n) is 7.58. The zero-order chi connectivity index (χ0) is 13.9. The van der Waals surface area contributed by atoms with E-state index in [-0.39, 0.29) is 36.7 Å². The lowest BCUT2D eigenvalue weighted by Gasteiger charge is -2.43. The second kappa shape index (κ2) is 8.92. The normalized spacial score (nSPS) is 20.3. The lowest BCUT2D eigenvalue weighted by atomic mass is 9.76. The molecule has 6 heteroatoms. The van der Waals surface area contributed by atoms with Crippen LogP contribution in [0.2, 0.25) is 0 Å². The molecule has 1 atom stereocenters. The fourth-order valence-electron chi connectivity index (χ4n) is 3.38. The van der Waals surface area contributed by atoms with Crippen LogP contribution in [0.25, 0.3) is 0 Å². The molecule has 3 rings (SSSR count). The van der Waals surface area contributed by atoms with E-state index in [4.69, 9.17) is 4.74 Å². The van der Waals surface area contributed by atoms with Gasteiger partial charge in [-0.15, -0.1) is 24.8 Å². The summed E-state index contributed by atoms with van der Waals surface area (Å²) in [5, 5.41) is 3.37. The largest absolute Gasteiger partial charge is 0.494 e. The second-order valence-electron chi connectivity index (χ2n) is 5.79. The number of benzene rings is 1. The van der Waals surface area contributed by atoms with Gasteiger partial charge in [-0.05, 0) is 24.8 Å². The molecular formula is C16H25Cl2FN2O. The molecule has 0 bridgehead atoms. The molecule has 1 aliphatic heterocycles. The maximum Gasteiger partial charge on any atom is 0.169 e. The van der Waals surface area contributed by atoms with Gasteiger partial charge in [0.2, 0.25) is 0 Å². The molecular weight excluding hydrogens is 326 g/mol. The fraction of sp³-hybridized carbons (Fsp3) is 0.625. The van der Waals surface area contributed by atoms with Crippen molar-refractivity contribution in [2.75, 3.05) is 33.3 Å². The first-order valence-corrected chi connectivity index (χ1v) is 7.58. The molecule has 0 radical (unpaired) electrons. The minimum atomic E-state index is -0.176. The molecule has 1 saturated carbocycles. The highest BCUT2D eigenvalue weighted by Gasteiger charge is 2.35. The number of piperazine rings is 1. The molecule has 0 amide bonds. The Morgan fingerprint density at radius 3 is 2.45 bits per heavy atom. The van der Waals surface area contributed by atoms with Gasteiger partial charge in [0.05, 0.1) is 7.11 Å². The molecule has 0 spiro atoms. The van der Waals surface area contributed by atoms with Crippen molar-refractivity contribution in [2.45, 2.75) is 25.3 Å². The minimum absolute atomic E-state index is 0. The van der Waals surface area contributed by atoms with E-state index in [0.29, 0.717) is 11.7 Å². The Hall–Kier alpha value is -0.550. The van der Waals surface area contributed by atoms with Crippen LogP contribution in [0.5, 0.6) is 5.75 Å². The smallest absolute Gasteiger partial charge is 0.169 e. The Balaban J connectivity index is 0.00000121. The summed E-state index contributed by atoms with van der Waals surface area (Å²) in [6, 6.07) is 5.75. The number of nitrogens with one attached hydrogen (secondary N) is 1. The molecule has 0 unspecified atom stereocenters. The number of halogens is 3. The summed E-state index contributed by atoms with van der Waals surface area (Å²) in [5.74, 6) is 0.780. The summed E-state index contributed by atoms with van der Waals surface area (Å²) in [7, 11) is 1.53. The number of hydrogen-bond donors (Lipinski definition) is 1. The summed E-state index contributed by atoms with van der Waals surface area (Å²) in [6.45, 7) is 3.99. The Kier molecular flexibility index (Phi) is 7.90. The van der Waals surface area contributed by atoms with Gasteiger partial charge in [-0.25, -0.2) is 4.39 Å². The number of hydrogen-bond acceptors (Lipinski definition) is 3. The third-order valence-corrected chi connectivity index (χ3v) is 4.67. The van der Waals surface area contributed by atoms with E-state index in [1.807, 2.05) is 12.1 Å². The Morgan fingerprint density at radius 1 is 1.23 bits per heavy atom. The average Bonchev–Trinajstić information content (AvgIpc) is 2.44. The van der Waals surface area contributed by atoms with Gasteiger partial charge in [0.25, 0.3) is 0 Å². The summed E-state index contributed by atoms with van der Waals surface area (Å²) < 4.78 is 19.8. The van der Waals surface area contributed by atoms with Crippen molar-refractivity contribution in [3.63, 3.8) is 0 Å². The summed E-state index contributed by atoms with van der Waals surface area (Å²) in [4.78, 5) is 2.44. The van der Waals surface area contributed by atoms with Crippen molar-refractivity contribution in [1.82, 2.24) is 10.2 Å². The van der Waals surface area contributed by atoms with Crippen molar-refractivity contribution in [3.05, 3.63) is 29.6 Å². The molecule has 1 aliphatic carbocycles. The van der Waals surface area contributed by atoms with E-state index >= 15 is 0 Å². The number of nitrogens with zero attached hydrogens (tertiary/aromatic N) is 1. The van der Waals surface area contributed by atoms with Crippen LogP contribution in [0, 0.1) is 11.7 Å². The summed E-state index contributed by atoms with van der Waals surface area (Å²) >= 11 is 0. The van der Waals surface area contributed by atoms with E-state index in [2.05, 4.69) is 10.2 Å². The first-order chi connectivity index (χ1) is 9.81. The van der Waals surface area contributed by atoms with Crippen molar-refractivity contribution >= 4 is 24.8 Å². The van der Waals surface area contributed by atoms with Gasteiger partial charge in [-0.3, -0.25) is 4.90 Å². The highest BCUT2D eigenvalue weighted by molar-refractivity contribution is 5.85. The molecule has 1 aromatic rings. The number of rotatable bonds is 4. The Labute approximate surface area is 144 Å². The SMILES string of the molecule is COc1cccc([C@H](C2CCC2)N2CCNCC2)c1F.Cl.Cl.